The van der Waals surface area contributed by atoms with Crippen molar-refractivity contribution in [3.63, 3.8) is 0 Å². The minimum absolute atomic E-state index is 0.167. The third-order valence-corrected chi connectivity index (χ3v) is 6.09. The number of amides is 1. The van der Waals surface area contributed by atoms with Gasteiger partial charge in [-0.05, 0) is 42.8 Å². The Bertz CT molecular complexity index is 951. The second-order valence-electron chi connectivity index (χ2n) is 6.42. The molecule has 0 heterocycles. The van der Waals surface area contributed by atoms with E-state index in [0.29, 0.717) is 22.8 Å². The number of nitrogens with zero attached hydrogens (tertiary/aromatic N) is 1. The van der Waals surface area contributed by atoms with Crippen molar-refractivity contribution in [1.82, 2.24) is 9.62 Å². The third kappa shape index (κ3) is 5.39. The summed E-state index contributed by atoms with van der Waals surface area (Å²) in [5, 5.41) is 2.76. The molecular formula is C20H26N2O6S. The topological polar surface area (TPSA) is 94.2 Å². The van der Waals surface area contributed by atoms with Crippen LogP contribution < -0.4 is 19.5 Å². The SMILES string of the molecule is COc1cccc(OC)c1CNC(=O)COc1ccc(S(=O)(=O)N(C)C)cc1C. The molecule has 0 radical (unpaired) electrons. The Kier molecular flexibility index (Phi) is 7.46. The lowest BCUT2D eigenvalue weighted by Crippen LogP contribution is -2.29. The fourth-order valence-corrected chi connectivity index (χ4v) is 3.63. The van der Waals surface area contributed by atoms with Crippen LogP contribution in [0.1, 0.15) is 11.1 Å². The molecule has 9 heteroatoms. The Morgan fingerprint density at radius 1 is 1.03 bits per heavy atom. The minimum atomic E-state index is -3.53. The van der Waals surface area contributed by atoms with Gasteiger partial charge in [-0.25, -0.2) is 12.7 Å². The van der Waals surface area contributed by atoms with E-state index in [1.165, 1.54) is 26.2 Å². The standard InChI is InChI=1S/C20H26N2O6S/c1-14-11-15(29(24,25)22(2)3)9-10-17(14)28-13-20(23)21-12-16-18(26-4)7-6-8-19(16)27-5/h6-11H,12-13H2,1-5H3,(H,21,23). The highest BCUT2D eigenvalue weighted by atomic mass is 32.2. The Hall–Kier alpha value is -2.78. The van der Waals surface area contributed by atoms with Gasteiger partial charge in [0.2, 0.25) is 10.0 Å². The van der Waals surface area contributed by atoms with Gasteiger partial charge >= 0.3 is 0 Å². The lowest BCUT2D eigenvalue weighted by Gasteiger charge is -2.15. The highest BCUT2D eigenvalue weighted by Gasteiger charge is 2.18. The molecule has 2 aromatic rings. The van der Waals surface area contributed by atoms with Crippen LogP contribution in [0.4, 0.5) is 0 Å². The van der Waals surface area contributed by atoms with Crippen molar-refractivity contribution in [2.75, 3.05) is 34.9 Å². The molecule has 0 aliphatic heterocycles. The Morgan fingerprint density at radius 3 is 2.17 bits per heavy atom. The van der Waals surface area contributed by atoms with Crippen LogP contribution in [0.15, 0.2) is 41.3 Å². The van der Waals surface area contributed by atoms with Crippen LogP contribution >= 0.6 is 0 Å². The van der Waals surface area contributed by atoms with Gasteiger partial charge in [-0.15, -0.1) is 0 Å². The van der Waals surface area contributed by atoms with E-state index in [0.717, 1.165) is 9.87 Å². The molecule has 8 nitrogen and oxygen atoms in total. The lowest BCUT2D eigenvalue weighted by atomic mass is 10.1. The molecule has 2 rings (SSSR count). The maximum Gasteiger partial charge on any atom is 0.258 e. The van der Waals surface area contributed by atoms with Gasteiger partial charge < -0.3 is 19.5 Å². The molecule has 0 saturated heterocycles. The number of carbonyl (C=O) groups is 1. The maximum atomic E-state index is 12.2. The van der Waals surface area contributed by atoms with Crippen molar-refractivity contribution in [2.24, 2.45) is 0 Å². The van der Waals surface area contributed by atoms with E-state index >= 15 is 0 Å². The molecule has 0 bridgehead atoms. The molecule has 1 amide bonds. The van der Waals surface area contributed by atoms with Gasteiger partial charge in [-0.1, -0.05) is 6.07 Å². The van der Waals surface area contributed by atoms with Crippen LogP contribution in [-0.4, -0.2) is 53.6 Å². The van der Waals surface area contributed by atoms with Gasteiger partial charge in [-0.2, -0.15) is 0 Å². The number of hydrogen-bond acceptors (Lipinski definition) is 6. The number of carbonyl (C=O) groups excluding carboxylic acids is 1. The maximum absolute atomic E-state index is 12.2. The summed E-state index contributed by atoms with van der Waals surface area (Å²) in [4.78, 5) is 12.4. The molecule has 29 heavy (non-hydrogen) atoms. The summed E-state index contributed by atoms with van der Waals surface area (Å²) in [7, 11) is 2.51. The molecule has 0 spiro atoms. The average molecular weight is 423 g/mol. The highest BCUT2D eigenvalue weighted by molar-refractivity contribution is 7.89. The van der Waals surface area contributed by atoms with Crippen molar-refractivity contribution in [3.8, 4) is 17.2 Å². The number of nitrogens with one attached hydrogen (secondary N) is 1. The van der Waals surface area contributed by atoms with E-state index in [-0.39, 0.29) is 24.0 Å². The Labute approximate surface area is 171 Å². The fraction of sp³-hybridized carbons (Fsp3) is 0.350. The molecule has 0 unspecified atom stereocenters. The number of benzene rings is 2. The van der Waals surface area contributed by atoms with Gasteiger partial charge in [0.25, 0.3) is 5.91 Å². The largest absolute Gasteiger partial charge is 0.496 e. The molecule has 0 saturated carbocycles. The van der Waals surface area contributed by atoms with Crippen molar-refractivity contribution < 1.29 is 27.4 Å². The summed E-state index contributed by atoms with van der Waals surface area (Å²) in [5.74, 6) is 1.33. The van der Waals surface area contributed by atoms with E-state index in [1.54, 1.807) is 45.4 Å². The van der Waals surface area contributed by atoms with E-state index in [1.807, 2.05) is 0 Å². The number of aryl methyl sites for hydroxylation is 1. The van der Waals surface area contributed by atoms with Gasteiger partial charge in [0.15, 0.2) is 6.61 Å². The minimum Gasteiger partial charge on any atom is -0.496 e. The molecule has 0 atom stereocenters. The van der Waals surface area contributed by atoms with Crippen LogP contribution in [0.3, 0.4) is 0 Å². The summed E-state index contributed by atoms with van der Waals surface area (Å²) >= 11 is 0. The van der Waals surface area contributed by atoms with E-state index < -0.39 is 10.0 Å². The molecule has 1 N–H and O–H groups in total. The Morgan fingerprint density at radius 2 is 1.66 bits per heavy atom. The van der Waals surface area contributed by atoms with Crippen LogP contribution in [0.2, 0.25) is 0 Å². The molecule has 2 aromatic carbocycles. The normalized spacial score (nSPS) is 11.2. The Balaban J connectivity index is 2.00. The zero-order valence-corrected chi connectivity index (χ0v) is 18.0. The van der Waals surface area contributed by atoms with E-state index in [9.17, 15) is 13.2 Å². The first-order valence-electron chi connectivity index (χ1n) is 8.83. The van der Waals surface area contributed by atoms with Crippen LogP contribution in [0, 0.1) is 6.92 Å². The van der Waals surface area contributed by atoms with Gasteiger partial charge in [0.1, 0.15) is 17.2 Å². The van der Waals surface area contributed by atoms with Crippen LogP contribution in [-0.2, 0) is 21.4 Å². The highest BCUT2D eigenvalue weighted by Crippen LogP contribution is 2.28. The van der Waals surface area contributed by atoms with Gasteiger partial charge in [-0.3, -0.25) is 4.79 Å². The second kappa shape index (κ2) is 9.62. The lowest BCUT2D eigenvalue weighted by molar-refractivity contribution is -0.123. The first-order valence-corrected chi connectivity index (χ1v) is 10.3. The van der Waals surface area contributed by atoms with Crippen molar-refractivity contribution in [3.05, 3.63) is 47.5 Å². The molecule has 0 aliphatic carbocycles. The summed E-state index contributed by atoms with van der Waals surface area (Å²) in [6.45, 7) is 1.73. The number of ether oxygens (including phenoxy) is 3. The quantitative estimate of drug-likeness (QED) is 0.664. The zero-order chi connectivity index (χ0) is 21.6. The predicted molar refractivity (Wildman–Crippen MR) is 109 cm³/mol. The fourth-order valence-electron chi connectivity index (χ4n) is 2.64. The van der Waals surface area contributed by atoms with Gasteiger partial charge in [0, 0.05) is 14.1 Å². The molecular weight excluding hydrogens is 396 g/mol. The molecule has 0 aromatic heterocycles. The first-order chi connectivity index (χ1) is 13.7. The van der Waals surface area contributed by atoms with Crippen molar-refractivity contribution in [1.29, 1.82) is 0 Å². The first kappa shape index (κ1) is 22.5. The van der Waals surface area contributed by atoms with E-state index in [4.69, 9.17) is 14.2 Å². The van der Waals surface area contributed by atoms with Crippen molar-refractivity contribution >= 4 is 15.9 Å². The second-order valence-corrected chi connectivity index (χ2v) is 8.57. The molecule has 158 valence electrons. The molecule has 0 aliphatic rings. The van der Waals surface area contributed by atoms with Gasteiger partial charge in [0.05, 0.1) is 31.2 Å². The average Bonchev–Trinajstić information content (AvgIpc) is 2.70. The third-order valence-electron chi connectivity index (χ3n) is 4.28. The molecule has 0 fully saturated rings. The monoisotopic (exact) mass is 422 g/mol. The number of sulfonamides is 1. The zero-order valence-electron chi connectivity index (χ0n) is 17.2. The summed E-state index contributed by atoms with van der Waals surface area (Å²) in [6.07, 6.45) is 0. The summed E-state index contributed by atoms with van der Waals surface area (Å²) < 4.78 is 41.7. The number of rotatable bonds is 9. The number of hydrogen-bond donors (Lipinski definition) is 1. The van der Waals surface area contributed by atoms with E-state index in [2.05, 4.69) is 5.32 Å². The number of methoxy groups -OCH3 is 2. The van der Waals surface area contributed by atoms with Crippen LogP contribution in [0.25, 0.3) is 0 Å². The van der Waals surface area contributed by atoms with Crippen molar-refractivity contribution in [2.45, 2.75) is 18.4 Å². The summed E-state index contributed by atoms with van der Waals surface area (Å²) in [5.41, 5.74) is 1.34. The smallest absolute Gasteiger partial charge is 0.258 e. The predicted octanol–water partition coefficient (Wildman–Crippen LogP) is 1.96. The van der Waals surface area contributed by atoms with Crippen LogP contribution in [0.5, 0.6) is 17.2 Å². The summed E-state index contributed by atoms with van der Waals surface area (Å²) in [6, 6.07) is 9.88.